The lowest BCUT2D eigenvalue weighted by Crippen LogP contribution is -2.31. The highest BCUT2D eigenvalue weighted by Crippen LogP contribution is 2.32. The Morgan fingerprint density at radius 1 is 1.15 bits per heavy atom. The van der Waals surface area contributed by atoms with Crippen LogP contribution in [0.1, 0.15) is 41.3 Å². The highest BCUT2D eigenvalue weighted by Gasteiger charge is 2.26. The molecule has 0 aromatic heterocycles. The van der Waals surface area contributed by atoms with E-state index in [1.807, 2.05) is 43.9 Å². The zero-order valence-corrected chi connectivity index (χ0v) is 16.1. The van der Waals surface area contributed by atoms with Gasteiger partial charge in [0.2, 0.25) is 0 Å². The molecule has 1 amide bonds. The van der Waals surface area contributed by atoms with Crippen LogP contribution in [0, 0.1) is 24.0 Å². The second-order valence-electron chi connectivity index (χ2n) is 6.99. The third-order valence-corrected chi connectivity index (χ3v) is 5.08. The van der Waals surface area contributed by atoms with Gasteiger partial charge in [-0.05, 0) is 62.9 Å². The predicted molar refractivity (Wildman–Crippen MR) is 108 cm³/mol. The molecule has 0 unspecified atom stereocenters. The van der Waals surface area contributed by atoms with Gasteiger partial charge in [-0.3, -0.25) is 14.9 Å². The number of carbonyl (C=O) groups is 1. The summed E-state index contributed by atoms with van der Waals surface area (Å²) < 4.78 is 0. The van der Waals surface area contributed by atoms with Crippen molar-refractivity contribution in [1.82, 2.24) is 0 Å². The van der Waals surface area contributed by atoms with Gasteiger partial charge in [-0.1, -0.05) is 12.1 Å². The minimum absolute atomic E-state index is 0.000216. The van der Waals surface area contributed by atoms with E-state index in [9.17, 15) is 14.9 Å². The Bertz CT molecular complexity index is 873. The maximum Gasteiger partial charge on any atom is 0.293 e. The van der Waals surface area contributed by atoms with Crippen molar-refractivity contribution in [3.8, 4) is 0 Å². The molecule has 0 spiro atoms. The molecule has 6 nitrogen and oxygen atoms in total. The molecule has 142 valence electrons. The molecule has 0 N–H and O–H groups in total. The van der Waals surface area contributed by atoms with E-state index < -0.39 is 4.92 Å². The topological polar surface area (TPSA) is 66.7 Å². The molecule has 27 heavy (non-hydrogen) atoms. The molecule has 1 heterocycles. The van der Waals surface area contributed by atoms with Gasteiger partial charge in [-0.15, -0.1) is 0 Å². The van der Waals surface area contributed by atoms with Crippen LogP contribution < -0.4 is 9.80 Å². The summed E-state index contributed by atoms with van der Waals surface area (Å²) in [5, 5.41) is 11.6. The smallest absolute Gasteiger partial charge is 0.293 e. The number of nitrogens with zero attached hydrogens (tertiary/aromatic N) is 3. The SMILES string of the molecule is CCN(C(=O)c1ccc(N2CCCC2)c([N+](=O)[O-])c1)c1cc(C)ccc1C. The number of hydrogen-bond donors (Lipinski definition) is 0. The Kier molecular flexibility index (Phi) is 5.44. The highest BCUT2D eigenvalue weighted by molar-refractivity contribution is 6.07. The molecule has 0 bridgehead atoms. The van der Waals surface area contributed by atoms with E-state index in [0.29, 0.717) is 17.8 Å². The summed E-state index contributed by atoms with van der Waals surface area (Å²) in [6, 6.07) is 10.8. The number of rotatable bonds is 5. The number of nitro benzene ring substituents is 1. The zero-order valence-electron chi connectivity index (χ0n) is 16.1. The van der Waals surface area contributed by atoms with Crippen molar-refractivity contribution in [3.05, 3.63) is 63.2 Å². The van der Waals surface area contributed by atoms with Crippen LogP contribution in [-0.2, 0) is 0 Å². The quantitative estimate of drug-likeness (QED) is 0.577. The van der Waals surface area contributed by atoms with E-state index in [1.54, 1.807) is 17.0 Å². The van der Waals surface area contributed by atoms with Crippen LogP contribution in [0.3, 0.4) is 0 Å². The van der Waals surface area contributed by atoms with E-state index in [0.717, 1.165) is 42.7 Å². The Morgan fingerprint density at radius 3 is 2.48 bits per heavy atom. The standard InChI is InChI=1S/C21H25N3O3/c1-4-23(19-13-15(2)7-8-16(19)3)21(25)17-9-10-18(20(14-17)24(26)27)22-11-5-6-12-22/h7-10,13-14H,4-6,11-12H2,1-3H3. The second-order valence-corrected chi connectivity index (χ2v) is 6.99. The number of amides is 1. The Labute approximate surface area is 159 Å². The van der Waals surface area contributed by atoms with Crippen LogP contribution in [0.25, 0.3) is 0 Å². The fourth-order valence-corrected chi connectivity index (χ4v) is 3.62. The Hall–Kier alpha value is -2.89. The number of anilines is 2. The van der Waals surface area contributed by atoms with E-state index in [-0.39, 0.29) is 11.6 Å². The van der Waals surface area contributed by atoms with Crippen LogP contribution in [0.5, 0.6) is 0 Å². The summed E-state index contributed by atoms with van der Waals surface area (Å²) in [7, 11) is 0. The first-order valence-electron chi connectivity index (χ1n) is 9.35. The van der Waals surface area contributed by atoms with Crippen molar-refractivity contribution < 1.29 is 9.72 Å². The summed E-state index contributed by atoms with van der Waals surface area (Å²) in [4.78, 5) is 28.1. The summed E-state index contributed by atoms with van der Waals surface area (Å²) in [5.41, 5.74) is 3.85. The fraction of sp³-hybridized carbons (Fsp3) is 0.381. The van der Waals surface area contributed by atoms with Gasteiger partial charge in [-0.2, -0.15) is 0 Å². The average molecular weight is 367 g/mol. The van der Waals surface area contributed by atoms with E-state index in [4.69, 9.17) is 0 Å². The molecule has 1 aliphatic heterocycles. The molecule has 6 heteroatoms. The van der Waals surface area contributed by atoms with Gasteiger partial charge in [0.05, 0.1) is 4.92 Å². The minimum atomic E-state index is -0.390. The highest BCUT2D eigenvalue weighted by atomic mass is 16.6. The fourth-order valence-electron chi connectivity index (χ4n) is 3.62. The normalized spacial score (nSPS) is 13.7. The van der Waals surface area contributed by atoms with Gasteiger partial charge in [0, 0.05) is 37.0 Å². The maximum absolute atomic E-state index is 13.1. The van der Waals surface area contributed by atoms with Crippen molar-refractivity contribution in [3.63, 3.8) is 0 Å². The largest absolute Gasteiger partial charge is 0.366 e. The van der Waals surface area contributed by atoms with Crippen LogP contribution >= 0.6 is 0 Å². The van der Waals surface area contributed by atoms with Crippen molar-refractivity contribution in [2.24, 2.45) is 0 Å². The molecular weight excluding hydrogens is 342 g/mol. The average Bonchev–Trinajstić information content (AvgIpc) is 3.19. The molecule has 0 radical (unpaired) electrons. The van der Waals surface area contributed by atoms with Crippen LogP contribution in [0.4, 0.5) is 17.1 Å². The second kappa shape index (κ2) is 7.78. The molecule has 3 rings (SSSR count). The summed E-state index contributed by atoms with van der Waals surface area (Å²) >= 11 is 0. The number of hydrogen-bond acceptors (Lipinski definition) is 4. The Morgan fingerprint density at radius 2 is 1.85 bits per heavy atom. The summed E-state index contributed by atoms with van der Waals surface area (Å²) in [5.74, 6) is -0.220. The van der Waals surface area contributed by atoms with E-state index in [1.165, 1.54) is 6.07 Å². The molecular formula is C21H25N3O3. The van der Waals surface area contributed by atoms with Crippen molar-refractivity contribution in [1.29, 1.82) is 0 Å². The van der Waals surface area contributed by atoms with Crippen LogP contribution in [0.2, 0.25) is 0 Å². The van der Waals surface area contributed by atoms with Gasteiger partial charge >= 0.3 is 0 Å². The van der Waals surface area contributed by atoms with Gasteiger partial charge in [0.15, 0.2) is 0 Å². The first-order valence-corrected chi connectivity index (χ1v) is 9.35. The third kappa shape index (κ3) is 3.79. The Balaban J connectivity index is 1.99. The number of nitro groups is 1. The molecule has 1 aliphatic rings. The van der Waals surface area contributed by atoms with E-state index in [2.05, 4.69) is 0 Å². The first kappa shape index (κ1) is 18.9. The lowest BCUT2D eigenvalue weighted by atomic mass is 10.1. The van der Waals surface area contributed by atoms with Crippen molar-refractivity contribution >= 4 is 23.0 Å². The first-order chi connectivity index (χ1) is 12.9. The van der Waals surface area contributed by atoms with Crippen LogP contribution in [-0.4, -0.2) is 30.5 Å². The number of carbonyl (C=O) groups excluding carboxylic acids is 1. The predicted octanol–water partition coefficient (Wildman–Crippen LogP) is 4.48. The summed E-state index contributed by atoms with van der Waals surface area (Å²) in [6.07, 6.45) is 2.07. The maximum atomic E-state index is 13.1. The van der Waals surface area contributed by atoms with E-state index >= 15 is 0 Å². The third-order valence-electron chi connectivity index (χ3n) is 5.08. The van der Waals surface area contributed by atoms with Gasteiger partial charge in [-0.25, -0.2) is 0 Å². The van der Waals surface area contributed by atoms with Gasteiger partial charge in [0.25, 0.3) is 11.6 Å². The molecule has 0 saturated carbocycles. The minimum Gasteiger partial charge on any atom is -0.366 e. The molecule has 2 aromatic rings. The molecule has 0 atom stereocenters. The zero-order chi connectivity index (χ0) is 19.6. The summed E-state index contributed by atoms with van der Waals surface area (Å²) in [6.45, 7) is 7.98. The molecule has 2 aromatic carbocycles. The van der Waals surface area contributed by atoms with Crippen molar-refractivity contribution in [2.45, 2.75) is 33.6 Å². The number of benzene rings is 2. The monoisotopic (exact) mass is 367 g/mol. The van der Waals surface area contributed by atoms with Crippen LogP contribution in [0.15, 0.2) is 36.4 Å². The van der Waals surface area contributed by atoms with Crippen molar-refractivity contribution in [2.75, 3.05) is 29.4 Å². The molecule has 0 aliphatic carbocycles. The lowest BCUT2D eigenvalue weighted by Gasteiger charge is -2.24. The van der Waals surface area contributed by atoms with Gasteiger partial charge < -0.3 is 9.80 Å². The lowest BCUT2D eigenvalue weighted by molar-refractivity contribution is -0.384. The number of aryl methyl sites for hydroxylation is 2. The molecule has 1 fully saturated rings. The molecule has 1 saturated heterocycles. The van der Waals surface area contributed by atoms with Gasteiger partial charge in [0.1, 0.15) is 5.69 Å².